The highest BCUT2D eigenvalue weighted by molar-refractivity contribution is 6.32. The van der Waals surface area contributed by atoms with E-state index in [1.54, 1.807) is 12.1 Å². The number of methoxy groups -OCH3 is 2. The number of rotatable bonds is 4. The van der Waals surface area contributed by atoms with E-state index in [2.05, 4.69) is 11.4 Å². The van der Waals surface area contributed by atoms with E-state index in [1.807, 2.05) is 0 Å². The molecule has 1 aliphatic carbocycles. The first kappa shape index (κ1) is 15.5. The average molecular weight is 309 g/mol. The van der Waals surface area contributed by atoms with E-state index in [-0.39, 0.29) is 5.91 Å². The molecular formula is C15H17ClN2O3. The minimum atomic E-state index is -0.947. The zero-order chi connectivity index (χ0) is 15.5. The third-order valence-electron chi connectivity index (χ3n) is 3.83. The smallest absolute Gasteiger partial charge is 0.244 e. The molecule has 0 radical (unpaired) electrons. The van der Waals surface area contributed by atoms with Crippen LogP contribution in [-0.2, 0) is 4.79 Å². The van der Waals surface area contributed by atoms with Gasteiger partial charge in [0.1, 0.15) is 16.9 Å². The number of nitriles is 1. The molecule has 2 rings (SSSR count). The number of carbonyl (C=O) groups is 1. The largest absolute Gasteiger partial charge is 0.495 e. The van der Waals surface area contributed by atoms with Gasteiger partial charge in [0.15, 0.2) is 0 Å². The van der Waals surface area contributed by atoms with Gasteiger partial charge in [0.2, 0.25) is 5.91 Å². The lowest BCUT2D eigenvalue weighted by Gasteiger charge is -2.20. The molecule has 0 heterocycles. The summed E-state index contributed by atoms with van der Waals surface area (Å²) in [5.41, 5.74) is -0.507. The van der Waals surface area contributed by atoms with E-state index >= 15 is 0 Å². The number of nitrogens with one attached hydrogen (secondary N) is 1. The van der Waals surface area contributed by atoms with Crippen molar-refractivity contribution in [2.75, 3.05) is 19.5 Å². The molecule has 1 fully saturated rings. The van der Waals surface area contributed by atoms with Crippen LogP contribution < -0.4 is 14.8 Å². The third kappa shape index (κ3) is 2.91. The summed E-state index contributed by atoms with van der Waals surface area (Å²) in [7, 11) is 3.00. The lowest BCUT2D eigenvalue weighted by atomic mass is 9.87. The minimum absolute atomic E-state index is 0.304. The molecule has 5 nitrogen and oxygen atoms in total. The molecule has 1 aliphatic rings. The Labute approximate surface area is 128 Å². The van der Waals surface area contributed by atoms with Crippen molar-refractivity contribution in [2.24, 2.45) is 5.41 Å². The summed E-state index contributed by atoms with van der Waals surface area (Å²) in [4.78, 5) is 12.4. The number of benzene rings is 1. The lowest BCUT2D eigenvalue weighted by molar-refractivity contribution is -0.122. The first-order chi connectivity index (χ1) is 10.1. The topological polar surface area (TPSA) is 71.3 Å². The number of hydrogen-bond donors (Lipinski definition) is 1. The van der Waals surface area contributed by atoms with Gasteiger partial charge < -0.3 is 14.8 Å². The maximum atomic E-state index is 12.4. The molecule has 0 bridgehead atoms. The SMILES string of the molecule is COc1cc(OC)c(NC(=O)C2(C#N)CCCC2)cc1Cl. The number of ether oxygens (including phenoxy) is 2. The molecule has 112 valence electrons. The van der Waals surface area contributed by atoms with Crippen molar-refractivity contribution in [2.45, 2.75) is 25.7 Å². The molecule has 1 amide bonds. The van der Waals surface area contributed by atoms with E-state index in [0.717, 1.165) is 12.8 Å². The number of amides is 1. The van der Waals surface area contributed by atoms with Crippen molar-refractivity contribution in [3.05, 3.63) is 17.2 Å². The van der Waals surface area contributed by atoms with Gasteiger partial charge in [-0.3, -0.25) is 4.79 Å². The van der Waals surface area contributed by atoms with Crippen molar-refractivity contribution in [1.29, 1.82) is 5.26 Å². The summed E-state index contributed by atoms with van der Waals surface area (Å²) in [5, 5.41) is 12.5. The Kier molecular flexibility index (Phi) is 4.59. The normalized spacial score (nSPS) is 16.1. The van der Waals surface area contributed by atoms with Crippen LogP contribution in [0.2, 0.25) is 5.02 Å². The molecule has 21 heavy (non-hydrogen) atoms. The van der Waals surface area contributed by atoms with Crippen molar-refractivity contribution < 1.29 is 14.3 Å². The van der Waals surface area contributed by atoms with Crippen LogP contribution in [0.3, 0.4) is 0 Å². The van der Waals surface area contributed by atoms with Crippen molar-refractivity contribution in [3.8, 4) is 17.6 Å². The Morgan fingerprint density at radius 3 is 2.43 bits per heavy atom. The summed E-state index contributed by atoms with van der Waals surface area (Å²) in [5.74, 6) is 0.597. The maximum Gasteiger partial charge on any atom is 0.244 e. The highest BCUT2D eigenvalue weighted by Gasteiger charge is 2.41. The summed E-state index contributed by atoms with van der Waals surface area (Å²) in [6.07, 6.45) is 2.95. The number of carbonyl (C=O) groups excluding carboxylic acids is 1. The second-order valence-electron chi connectivity index (χ2n) is 5.04. The van der Waals surface area contributed by atoms with Crippen LogP contribution in [-0.4, -0.2) is 20.1 Å². The van der Waals surface area contributed by atoms with Gasteiger partial charge in [-0.05, 0) is 18.9 Å². The zero-order valence-corrected chi connectivity index (χ0v) is 12.8. The number of anilines is 1. The van der Waals surface area contributed by atoms with Crippen LogP contribution >= 0.6 is 11.6 Å². The van der Waals surface area contributed by atoms with Crippen LogP contribution in [0, 0.1) is 16.7 Å². The molecule has 1 aromatic carbocycles. The maximum absolute atomic E-state index is 12.4. The zero-order valence-electron chi connectivity index (χ0n) is 12.0. The van der Waals surface area contributed by atoms with E-state index in [1.165, 1.54) is 14.2 Å². The van der Waals surface area contributed by atoms with Crippen LogP contribution in [0.25, 0.3) is 0 Å². The molecule has 1 aromatic rings. The number of halogens is 1. The fourth-order valence-corrected chi connectivity index (χ4v) is 2.81. The van der Waals surface area contributed by atoms with Crippen LogP contribution in [0.15, 0.2) is 12.1 Å². The second-order valence-corrected chi connectivity index (χ2v) is 5.45. The molecule has 1 N–H and O–H groups in total. The fourth-order valence-electron chi connectivity index (χ4n) is 2.57. The second kappa shape index (κ2) is 6.23. The van der Waals surface area contributed by atoms with E-state index in [4.69, 9.17) is 21.1 Å². The van der Waals surface area contributed by atoms with Crippen LogP contribution in [0.4, 0.5) is 5.69 Å². The van der Waals surface area contributed by atoms with Gasteiger partial charge >= 0.3 is 0 Å². The standard InChI is InChI=1S/C15H17ClN2O3/c1-20-12-8-13(21-2)11(7-10(12)16)18-14(19)15(9-17)5-3-4-6-15/h7-8H,3-6H2,1-2H3,(H,18,19). The average Bonchev–Trinajstić information content (AvgIpc) is 2.97. The molecule has 0 atom stereocenters. The minimum Gasteiger partial charge on any atom is -0.495 e. The molecule has 1 saturated carbocycles. The van der Waals surface area contributed by atoms with Gasteiger partial charge in [0, 0.05) is 6.07 Å². The van der Waals surface area contributed by atoms with Gasteiger partial charge in [-0.1, -0.05) is 24.4 Å². The molecular weight excluding hydrogens is 292 g/mol. The molecule has 0 spiro atoms. The molecule has 0 aromatic heterocycles. The molecule has 0 saturated heterocycles. The monoisotopic (exact) mass is 308 g/mol. The van der Waals surface area contributed by atoms with Gasteiger partial charge in [0.05, 0.1) is 31.0 Å². The molecule has 6 heteroatoms. The first-order valence-electron chi connectivity index (χ1n) is 6.70. The predicted octanol–water partition coefficient (Wildman–Crippen LogP) is 3.38. The Morgan fingerprint density at radius 1 is 1.29 bits per heavy atom. The lowest BCUT2D eigenvalue weighted by Crippen LogP contribution is -2.32. The third-order valence-corrected chi connectivity index (χ3v) is 4.12. The van der Waals surface area contributed by atoms with Crippen molar-refractivity contribution >= 4 is 23.2 Å². The molecule has 0 unspecified atom stereocenters. The predicted molar refractivity (Wildman–Crippen MR) is 79.7 cm³/mol. The summed E-state index contributed by atoms with van der Waals surface area (Å²) < 4.78 is 10.3. The quantitative estimate of drug-likeness (QED) is 0.925. The van der Waals surface area contributed by atoms with Crippen LogP contribution in [0.5, 0.6) is 11.5 Å². The number of nitrogens with zero attached hydrogens (tertiary/aromatic N) is 1. The highest BCUT2D eigenvalue weighted by Crippen LogP contribution is 2.41. The van der Waals surface area contributed by atoms with E-state index in [0.29, 0.717) is 35.1 Å². The summed E-state index contributed by atoms with van der Waals surface area (Å²) in [6, 6.07) is 5.33. The summed E-state index contributed by atoms with van der Waals surface area (Å²) >= 11 is 6.07. The Bertz CT molecular complexity index is 589. The van der Waals surface area contributed by atoms with E-state index in [9.17, 15) is 10.1 Å². The Hall–Kier alpha value is -1.93. The van der Waals surface area contributed by atoms with Crippen molar-refractivity contribution in [1.82, 2.24) is 0 Å². The van der Waals surface area contributed by atoms with Gasteiger partial charge in [-0.15, -0.1) is 0 Å². The first-order valence-corrected chi connectivity index (χ1v) is 7.08. The van der Waals surface area contributed by atoms with Gasteiger partial charge in [-0.25, -0.2) is 0 Å². The molecule has 0 aliphatic heterocycles. The Morgan fingerprint density at radius 2 is 1.90 bits per heavy atom. The highest BCUT2D eigenvalue weighted by atomic mass is 35.5. The van der Waals surface area contributed by atoms with Gasteiger partial charge in [0.25, 0.3) is 0 Å². The fraction of sp³-hybridized carbons (Fsp3) is 0.467. The van der Waals surface area contributed by atoms with Gasteiger partial charge in [-0.2, -0.15) is 5.26 Å². The van der Waals surface area contributed by atoms with E-state index < -0.39 is 5.41 Å². The van der Waals surface area contributed by atoms with Crippen LogP contribution in [0.1, 0.15) is 25.7 Å². The summed E-state index contributed by atoms with van der Waals surface area (Å²) in [6.45, 7) is 0. The van der Waals surface area contributed by atoms with Crippen molar-refractivity contribution in [3.63, 3.8) is 0 Å². The Balaban J connectivity index is 2.29. The number of hydrogen-bond acceptors (Lipinski definition) is 4.